The molecule has 5 heteroatoms. The zero-order valence-corrected chi connectivity index (χ0v) is 13.0. The van der Waals surface area contributed by atoms with Crippen LogP contribution in [0.4, 0.5) is 5.82 Å². The largest absolute Gasteiger partial charge is 0.384 e. The van der Waals surface area contributed by atoms with Crippen molar-refractivity contribution >= 4 is 28.9 Å². The van der Waals surface area contributed by atoms with E-state index in [0.29, 0.717) is 0 Å². The summed E-state index contributed by atoms with van der Waals surface area (Å²) in [5.41, 5.74) is 9.97. The van der Waals surface area contributed by atoms with Crippen LogP contribution in [0.2, 0.25) is 0 Å². The van der Waals surface area contributed by atoms with Gasteiger partial charge in [0.15, 0.2) is 0 Å². The fourth-order valence-electron chi connectivity index (χ4n) is 2.54. The van der Waals surface area contributed by atoms with Crippen LogP contribution in [-0.4, -0.2) is 15.5 Å². The Labute approximate surface area is 122 Å². The first-order chi connectivity index (χ1) is 9.20. The van der Waals surface area contributed by atoms with Crippen LogP contribution in [0.5, 0.6) is 0 Å². The van der Waals surface area contributed by atoms with E-state index in [1.807, 2.05) is 34.8 Å². The molecule has 0 unspecified atom stereocenters. The van der Waals surface area contributed by atoms with Crippen molar-refractivity contribution in [2.75, 3.05) is 11.5 Å². The van der Waals surface area contributed by atoms with Crippen LogP contribution in [0, 0.1) is 0 Å². The average molecular weight is 293 g/mol. The SMILES string of the molecule is CCCc1c(-c2cc3c(s2)CCSC3)nn(C)c1N. The van der Waals surface area contributed by atoms with Gasteiger partial charge in [-0.05, 0) is 30.2 Å². The molecule has 0 saturated carbocycles. The maximum absolute atomic E-state index is 6.15. The van der Waals surface area contributed by atoms with Crippen LogP contribution >= 0.6 is 23.1 Å². The summed E-state index contributed by atoms with van der Waals surface area (Å²) in [6, 6.07) is 2.33. The quantitative estimate of drug-likeness (QED) is 0.942. The van der Waals surface area contributed by atoms with E-state index in [1.165, 1.54) is 28.2 Å². The number of anilines is 1. The van der Waals surface area contributed by atoms with Gasteiger partial charge >= 0.3 is 0 Å². The highest BCUT2D eigenvalue weighted by Gasteiger charge is 2.20. The van der Waals surface area contributed by atoms with Crippen LogP contribution in [0.15, 0.2) is 6.07 Å². The van der Waals surface area contributed by atoms with Gasteiger partial charge < -0.3 is 5.73 Å². The van der Waals surface area contributed by atoms with Crippen molar-refractivity contribution < 1.29 is 0 Å². The third kappa shape index (κ3) is 2.30. The van der Waals surface area contributed by atoms with Gasteiger partial charge in [0.05, 0.1) is 4.88 Å². The lowest BCUT2D eigenvalue weighted by Gasteiger charge is -2.08. The molecule has 0 aliphatic carbocycles. The van der Waals surface area contributed by atoms with Gasteiger partial charge in [-0.25, -0.2) is 0 Å². The van der Waals surface area contributed by atoms with Crippen molar-refractivity contribution in [3.05, 3.63) is 22.1 Å². The maximum Gasteiger partial charge on any atom is 0.125 e. The van der Waals surface area contributed by atoms with Crippen LogP contribution in [0.1, 0.15) is 29.3 Å². The fraction of sp³-hybridized carbons (Fsp3) is 0.500. The second-order valence-electron chi connectivity index (χ2n) is 4.95. The third-order valence-corrected chi connectivity index (χ3v) is 5.81. The average Bonchev–Trinajstić information content (AvgIpc) is 2.95. The molecule has 2 N–H and O–H groups in total. The summed E-state index contributed by atoms with van der Waals surface area (Å²) >= 11 is 3.93. The van der Waals surface area contributed by atoms with Crippen molar-refractivity contribution in [1.82, 2.24) is 9.78 Å². The zero-order chi connectivity index (χ0) is 13.4. The molecule has 2 aromatic rings. The Hall–Kier alpha value is -0.940. The van der Waals surface area contributed by atoms with Crippen molar-refractivity contribution in [3.8, 4) is 10.6 Å². The van der Waals surface area contributed by atoms with Gasteiger partial charge in [0.1, 0.15) is 11.5 Å². The van der Waals surface area contributed by atoms with Gasteiger partial charge in [0, 0.05) is 23.2 Å². The fourth-order valence-corrected chi connectivity index (χ4v) is 4.92. The normalized spacial score (nSPS) is 14.6. The van der Waals surface area contributed by atoms with Gasteiger partial charge in [-0.2, -0.15) is 16.9 Å². The summed E-state index contributed by atoms with van der Waals surface area (Å²) in [6.45, 7) is 2.19. The molecule has 3 rings (SSSR count). The van der Waals surface area contributed by atoms with Gasteiger partial charge in [-0.3, -0.25) is 4.68 Å². The number of aromatic nitrogens is 2. The van der Waals surface area contributed by atoms with Gasteiger partial charge in [0.2, 0.25) is 0 Å². The van der Waals surface area contributed by atoms with Crippen molar-refractivity contribution in [2.24, 2.45) is 7.05 Å². The standard InChI is InChI=1S/C14H19N3S2/c1-3-4-10-13(16-17(2)14(10)15)12-7-9-8-18-6-5-11(9)19-12/h7H,3-6,8,15H2,1-2H3. The summed E-state index contributed by atoms with van der Waals surface area (Å²) in [4.78, 5) is 2.84. The molecule has 1 aliphatic heterocycles. The second kappa shape index (κ2) is 5.21. The summed E-state index contributed by atoms with van der Waals surface area (Å²) in [7, 11) is 1.93. The molecule has 0 saturated heterocycles. The molecule has 0 bridgehead atoms. The summed E-state index contributed by atoms with van der Waals surface area (Å²) in [5, 5.41) is 4.64. The van der Waals surface area contributed by atoms with Crippen LogP contribution in [0.25, 0.3) is 10.6 Å². The van der Waals surface area contributed by atoms with Crippen LogP contribution in [0.3, 0.4) is 0 Å². The summed E-state index contributed by atoms with van der Waals surface area (Å²) in [5.74, 6) is 3.22. The molecule has 0 radical (unpaired) electrons. The third-order valence-electron chi connectivity index (χ3n) is 3.55. The molecule has 0 aromatic carbocycles. The van der Waals surface area contributed by atoms with E-state index in [-0.39, 0.29) is 0 Å². The number of hydrogen-bond donors (Lipinski definition) is 1. The highest BCUT2D eigenvalue weighted by molar-refractivity contribution is 7.98. The predicted molar refractivity (Wildman–Crippen MR) is 84.8 cm³/mol. The number of nitrogens with two attached hydrogens (primary N) is 1. The number of fused-ring (bicyclic) bond motifs is 1. The first-order valence-corrected chi connectivity index (χ1v) is 8.69. The number of nitrogens with zero attached hydrogens (tertiary/aromatic N) is 2. The van der Waals surface area contributed by atoms with E-state index >= 15 is 0 Å². The minimum atomic E-state index is 0.817. The predicted octanol–water partition coefficient (Wildman–Crippen LogP) is 3.47. The van der Waals surface area contributed by atoms with Gasteiger partial charge in [-0.15, -0.1) is 11.3 Å². The van der Waals surface area contributed by atoms with E-state index in [9.17, 15) is 0 Å². The van der Waals surface area contributed by atoms with Crippen molar-refractivity contribution in [1.29, 1.82) is 0 Å². The first kappa shape index (κ1) is 13.1. The Morgan fingerprint density at radius 3 is 3.05 bits per heavy atom. The minimum absolute atomic E-state index is 0.817. The highest BCUT2D eigenvalue weighted by Crippen LogP contribution is 2.38. The molecule has 0 fully saturated rings. The Balaban J connectivity index is 2.06. The lowest BCUT2D eigenvalue weighted by atomic mass is 10.1. The number of aryl methyl sites for hydroxylation is 2. The number of hydrogen-bond acceptors (Lipinski definition) is 4. The lowest BCUT2D eigenvalue weighted by Crippen LogP contribution is -1.99. The van der Waals surface area contributed by atoms with E-state index in [0.717, 1.165) is 30.1 Å². The second-order valence-corrected chi connectivity index (χ2v) is 7.19. The maximum atomic E-state index is 6.15. The molecule has 3 nitrogen and oxygen atoms in total. The summed E-state index contributed by atoms with van der Waals surface area (Å²) in [6.07, 6.45) is 3.31. The number of nitrogen functional groups attached to an aromatic ring is 1. The van der Waals surface area contributed by atoms with Crippen LogP contribution < -0.4 is 5.73 Å². The highest BCUT2D eigenvalue weighted by atomic mass is 32.2. The Morgan fingerprint density at radius 2 is 2.32 bits per heavy atom. The molecule has 0 amide bonds. The summed E-state index contributed by atoms with van der Waals surface area (Å²) < 4.78 is 1.81. The van der Waals surface area contributed by atoms with E-state index in [1.54, 1.807) is 4.88 Å². The van der Waals surface area contributed by atoms with Gasteiger partial charge in [0.25, 0.3) is 0 Å². The Morgan fingerprint density at radius 1 is 1.47 bits per heavy atom. The lowest BCUT2D eigenvalue weighted by molar-refractivity contribution is 0.781. The topological polar surface area (TPSA) is 43.8 Å². The Kier molecular flexibility index (Phi) is 3.58. The van der Waals surface area contributed by atoms with E-state index < -0.39 is 0 Å². The minimum Gasteiger partial charge on any atom is -0.384 e. The molecule has 0 spiro atoms. The van der Waals surface area contributed by atoms with Crippen molar-refractivity contribution in [2.45, 2.75) is 31.9 Å². The smallest absolute Gasteiger partial charge is 0.125 e. The first-order valence-electron chi connectivity index (χ1n) is 6.71. The molecule has 2 aromatic heterocycles. The number of thiophene rings is 1. The molecule has 3 heterocycles. The molecular formula is C14H19N3S2. The molecule has 102 valence electrons. The zero-order valence-electron chi connectivity index (χ0n) is 11.4. The molecular weight excluding hydrogens is 274 g/mol. The number of rotatable bonds is 3. The monoisotopic (exact) mass is 293 g/mol. The van der Waals surface area contributed by atoms with E-state index in [4.69, 9.17) is 5.73 Å². The number of thioether (sulfide) groups is 1. The van der Waals surface area contributed by atoms with Crippen LogP contribution in [-0.2, 0) is 25.6 Å². The molecule has 1 aliphatic rings. The molecule has 0 atom stereocenters. The van der Waals surface area contributed by atoms with E-state index in [2.05, 4.69) is 18.1 Å². The molecule has 19 heavy (non-hydrogen) atoms. The van der Waals surface area contributed by atoms with Crippen molar-refractivity contribution in [3.63, 3.8) is 0 Å². The Bertz CT molecular complexity index is 575. The van der Waals surface area contributed by atoms with Gasteiger partial charge in [-0.1, -0.05) is 13.3 Å².